The molecule has 1 heterocycles. The standard InChI is InChI=1S/C13H15N5O2S/c1-11-9-12(10-14)3-4-13(11)21(19,20)16-5-2-7-18-8-6-15-17-18/h3-4,6,8-9,16H,2,5,7H2,1H3. The van der Waals surface area contributed by atoms with Crippen molar-refractivity contribution >= 4 is 10.0 Å². The number of hydrogen-bond donors (Lipinski definition) is 1. The Morgan fingerprint density at radius 2 is 2.24 bits per heavy atom. The summed E-state index contributed by atoms with van der Waals surface area (Å²) in [5.74, 6) is 0. The lowest BCUT2D eigenvalue weighted by molar-refractivity contribution is 0.542. The second-order valence-corrected chi connectivity index (χ2v) is 6.24. The van der Waals surface area contributed by atoms with Gasteiger partial charge in [0.25, 0.3) is 0 Å². The quantitative estimate of drug-likeness (QED) is 0.796. The van der Waals surface area contributed by atoms with Gasteiger partial charge in [-0.25, -0.2) is 13.1 Å². The van der Waals surface area contributed by atoms with Crippen molar-refractivity contribution in [2.75, 3.05) is 6.54 Å². The first-order valence-electron chi connectivity index (χ1n) is 6.37. The number of benzene rings is 1. The lowest BCUT2D eigenvalue weighted by Crippen LogP contribution is -2.26. The van der Waals surface area contributed by atoms with Crippen molar-refractivity contribution in [3.63, 3.8) is 0 Å². The number of hydrogen-bond acceptors (Lipinski definition) is 5. The molecular weight excluding hydrogens is 290 g/mol. The Kier molecular flexibility index (Phi) is 4.67. The van der Waals surface area contributed by atoms with E-state index in [2.05, 4.69) is 15.0 Å². The Balaban J connectivity index is 1.97. The molecule has 0 aliphatic rings. The Bertz CT molecular complexity index is 747. The molecule has 0 radical (unpaired) electrons. The van der Waals surface area contributed by atoms with Crippen LogP contribution in [0.2, 0.25) is 0 Å². The first-order chi connectivity index (χ1) is 10.0. The number of nitriles is 1. The third-order valence-corrected chi connectivity index (χ3v) is 4.54. The lowest BCUT2D eigenvalue weighted by atomic mass is 10.2. The van der Waals surface area contributed by atoms with E-state index in [1.807, 2.05) is 6.07 Å². The molecule has 8 heteroatoms. The molecule has 0 fully saturated rings. The van der Waals surface area contributed by atoms with Gasteiger partial charge in [0.15, 0.2) is 0 Å². The van der Waals surface area contributed by atoms with Crippen LogP contribution in [0.15, 0.2) is 35.5 Å². The van der Waals surface area contributed by atoms with Crippen molar-refractivity contribution in [1.82, 2.24) is 19.7 Å². The first kappa shape index (κ1) is 15.2. The fourth-order valence-corrected chi connectivity index (χ4v) is 3.20. The van der Waals surface area contributed by atoms with E-state index in [1.54, 1.807) is 30.1 Å². The smallest absolute Gasteiger partial charge is 0.240 e. The minimum atomic E-state index is -3.56. The van der Waals surface area contributed by atoms with E-state index in [0.717, 1.165) is 0 Å². The second kappa shape index (κ2) is 6.47. The number of aryl methyl sites for hydroxylation is 2. The summed E-state index contributed by atoms with van der Waals surface area (Å²) >= 11 is 0. The average Bonchev–Trinajstić information content (AvgIpc) is 2.96. The number of sulfonamides is 1. The zero-order valence-corrected chi connectivity index (χ0v) is 12.3. The monoisotopic (exact) mass is 305 g/mol. The van der Waals surface area contributed by atoms with E-state index in [9.17, 15) is 8.42 Å². The Hall–Kier alpha value is -2.24. The number of nitrogens with one attached hydrogen (secondary N) is 1. The minimum absolute atomic E-state index is 0.197. The Labute approximate surface area is 123 Å². The van der Waals surface area contributed by atoms with Gasteiger partial charge >= 0.3 is 0 Å². The fraction of sp³-hybridized carbons (Fsp3) is 0.308. The van der Waals surface area contributed by atoms with E-state index in [1.165, 1.54) is 12.1 Å². The van der Waals surface area contributed by atoms with Gasteiger partial charge < -0.3 is 0 Å². The van der Waals surface area contributed by atoms with Crippen LogP contribution in [-0.4, -0.2) is 30.0 Å². The second-order valence-electron chi connectivity index (χ2n) is 4.51. The molecule has 7 nitrogen and oxygen atoms in total. The van der Waals surface area contributed by atoms with Crippen LogP contribution in [0.3, 0.4) is 0 Å². The molecule has 1 aromatic heterocycles. The SMILES string of the molecule is Cc1cc(C#N)ccc1S(=O)(=O)NCCCn1ccnn1. The average molecular weight is 305 g/mol. The summed E-state index contributed by atoms with van der Waals surface area (Å²) in [4.78, 5) is 0.197. The molecule has 0 saturated heterocycles. The Morgan fingerprint density at radius 3 is 2.86 bits per heavy atom. The maximum absolute atomic E-state index is 12.2. The van der Waals surface area contributed by atoms with Gasteiger partial charge in [0.2, 0.25) is 10.0 Å². The van der Waals surface area contributed by atoms with E-state index in [4.69, 9.17) is 5.26 Å². The van der Waals surface area contributed by atoms with Crippen LogP contribution in [0.5, 0.6) is 0 Å². The van der Waals surface area contributed by atoms with Gasteiger partial charge in [-0.3, -0.25) is 4.68 Å². The zero-order chi connectivity index (χ0) is 15.3. The summed E-state index contributed by atoms with van der Waals surface area (Å²) < 4.78 is 28.6. The van der Waals surface area contributed by atoms with Crippen LogP contribution >= 0.6 is 0 Å². The minimum Gasteiger partial charge on any atom is -0.253 e. The molecule has 1 aromatic carbocycles. The first-order valence-corrected chi connectivity index (χ1v) is 7.86. The molecule has 2 rings (SSSR count). The molecule has 0 aliphatic carbocycles. The van der Waals surface area contributed by atoms with Gasteiger partial charge in [-0.15, -0.1) is 5.10 Å². The van der Waals surface area contributed by atoms with Crippen molar-refractivity contribution in [2.45, 2.75) is 24.8 Å². The van der Waals surface area contributed by atoms with Crippen LogP contribution in [0.4, 0.5) is 0 Å². The van der Waals surface area contributed by atoms with Crippen LogP contribution in [0, 0.1) is 18.3 Å². The maximum Gasteiger partial charge on any atom is 0.240 e. The number of aromatic nitrogens is 3. The molecule has 0 spiro atoms. The van der Waals surface area contributed by atoms with Gasteiger partial charge in [0, 0.05) is 19.3 Å². The normalized spacial score (nSPS) is 11.2. The molecule has 0 atom stereocenters. The molecule has 1 N–H and O–H groups in total. The van der Waals surface area contributed by atoms with E-state index >= 15 is 0 Å². The third kappa shape index (κ3) is 3.87. The molecule has 0 saturated carbocycles. The van der Waals surface area contributed by atoms with Crippen LogP contribution in [0.1, 0.15) is 17.5 Å². The summed E-state index contributed by atoms with van der Waals surface area (Å²) in [6, 6.07) is 6.49. The van der Waals surface area contributed by atoms with Gasteiger partial charge in [-0.2, -0.15) is 5.26 Å². The van der Waals surface area contributed by atoms with Crippen molar-refractivity contribution in [1.29, 1.82) is 5.26 Å². The van der Waals surface area contributed by atoms with Crippen LogP contribution < -0.4 is 4.72 Å². The molecule has 0 bridgehead atoms. The molecule has 110 valence electrons. The summed E-state index contributed by atoms with van der Waals surface area (Å²) in [5, 5.41) is 16.3. The van der Waals surface area contributed by atoms with Crippen molar-refractivity contribution < 1.29 is 8.42 Å². The maximum atomic E-state index is 12.2. The van der Waals surface area contributed by atoms with Crippen LogP contribution in [0.25, 0.3) is 0 Å². The molecule has 0 aliphatic heterocycles. The van der Waals surface area contributed by atoms with E-state index < -0.39 is 10.0 Å². The van der Waals surface area contributed by atoms with Gasteiger partial charge in [0.1, 0.15) is 0 Å². The molecular formula is C13H15N5O2S. The van der Waals surface area contributed by atoms with Crippen molar-refractivity contribution in [3.05, 3.63) is 41.7 Å². The predicted molar refractivity (Wildman–Crippen MR) is 75.7 cm³/mol. The zero-order valence-electron chi connectivity index (χ0n) is 11.5. The lowest BCUT2D eigenvalue weighted by Gasteiger charge is -2.09. The van der Waals surface area contributed by atoms with Gasteiger partial charge in [-0.05, 0) is 37.1 Å². The molecule has 0 amide bonds. The topological polar surface area (TPSA) is 101 Å². The fourth-order valence-electron chi connectivity index (χ4n) is 1.90. The van der Waals surface area contributed by atoms with Crippen LogP contribution in [-0.2, 0) is 16.6 Å². The summed E-state index contributed by atoms with van der Waals surface area (Å²) in [7, 11) is -3.56. The summed E-state index contributed by atoms with van der Waals surface area (Å²) in [6.45, 7) is 2.57. The predicted octanol–water partition coefficient (Wildman–Crippen LogP) is 0.827. The molecule has 0 unspecified atom stereocenters. The summed E-state index contributed by atoms with van der Waals surface area (Å²) in [5.41, 5.74) is 0.996. The largest absolute Gasteiger partial charge is 0.253 e. The van der Waals surface area contributed by atoms with E-state index in [0.29, 0.717) is 30.6 Å². The summed E-state index contributed by atoms with van der Waals surface area (Å²) in [6.07, 6.45) is 3.90. The number of rotatable bonds is 6. The molecule has 21 heavy (non-hydrogen) atoms. The highest BCUT2D eigenvalue weighted by Gasteiger charge is 2.16. The third-order valence-electron chi connectivity index (χ3n) is 2.92. The van der Waals surface area contributed by atoms with Crippen molar-refractivity contribution in [2.24, 2.45) is 0 Å². The highest BCUT2D eigenvalue weighted by molar-refractivity contribution is 7.89. The Morgan fingerprint density at radius 1 is 1.43 bits per heavy atom. The van der Waals surface area contributed by atoms with E-state index in [-0.39, 0.29) is 4.90 Å². The van der Waals surface area contributed by atoms with Gasteiger partial charge in [-0.1, -0.05) is 5.21 Å². The van der Waals surface area contributed by atoms with Crippen molar-refractivity contribution in [3.8, 4) is 6.07 Å². The highest BCUT2D eigenvalue weighted by Crippen LogP contribution is 2.16. The molecule has 2 aromatic rings. The number of nitrogens with zero attached hydrogens (tertiary/aromatic N) is 4. The highest BCUT2D eigenvalue weighted by atomic mass is 32.2. The van der Waals surface area contributed by atoms with Gasteiger partial charge in [0.05, 0.1) is 22.7 Å².